The summed E-state index contributed by atoms with van der Waals surface area (Å²) in [5, 5.41) is 2.29. The molecule has 0 spiro atoms. The topological polar surface area (TPSA) is 102 Å². The molecule has 2 aliphatic carbocycles. The second-order valence-electron chi connectivity index (χ2n) is 9.42. The Morgan fingerprint density at radius 1 is 1.16 bits per heavy atom. The van der Waals surface area contributed by atoms with E-state index >= 15 is 0 Å². The van der Waals surface area contributed by atoms with Gasteiger partial charge in [0.2, 0.25) is 21.8 Å². The van der Waals surface area contributed by atoms with E-state index in [0.29, 0.717) is 51.0 Å². The van der Waals surface area contributed by atoms with E-state index in [1.165, 1.54) is 12.5 Å². The molecule has 0 radical (unpaired) electrons. The van der Waals surface area contributed by atoms with Crippen molar-refractivity contribution in [2.75, 3.05) is 12.4 Å². The Kier molecular flexibility index (Phi) is 6.86. The van der Waals surface area contributed by atoms with E-state index in [1.54, 1.807) is 12.1 Å². The molecule has 2 saturated carbocycles. The van der Waals surface area contributed by atoms with E-state index < -0.39 is 21.4 Å². The van der Waals surface area contributed by atoms with Gasteiger partial charge in [0, 0.05) is 12.3 Å². The number of ether oxygens (including phenoxy) is 1. The second kappa shape index (κ2) is 9.47. The molecule has 176 valence electrons. The number of rotatable bonds is 12. The lowest BCUT2D eigenvalue weighted by molar-refractivity contribution is -0.125. The summed E-state index contributed by atoms with van der Waals surface area (Å²) in [6, 6.07) is 4.62. The quantitative estimate of drug-likeness (QED) is 0.364. The number of carbonyl (C=O) groups is 2. The highest BCUT2D eigenvalue weighted by Gasteiger charge is 2.47. The van der Waals surface area contributed by atoms with Crippen molar-refractivity contribution in [1.29, 1.82) is 0 Å². The molecule has 1 atom stereocenters. The molecule has 1 unspecified atom stereocenters. The number of benzene rings is 1. The lowest BCUT2D eigenvalue weighted by Gasteiger charge is -2.25. The summed E-state index contributed by atoms with van der Waals surface area (Å²) in [5.41, 5.74) is 0.0617. The van der Waals surface area contributed by atoms with Gasteiger partial charge in [-0.25, -0.2) is 17.5 Å². The third-order valence-corrected chi connectivity index (χ3v) is 8.34. The Hall–Kier alpha value is -2.00. The van der Waals surface area contributed by atoms with Gasteiger partial charge in [-0.1, -0.05) is 25.3 Å². The summed E-state index contributed by atoms with van der Waals surface area (Å²) in [5.74, 6) is -0.509. The summed E-state index contributed by atoms with van der Waals surface area (Å²) in [6.45, 7) is 0.496. The van der Waals surface area contributed by atoms with E-state index in [1.807, 2.05) is 0 Å². The van der Waals surface area contributed by atoms with Crippen molar-refractivity contribution in [1.82, 2.24) is 10.0 Å². The Balaban J connectivity index is 1.26. The number of unbranched alkanes of at least 4 members (excludes halogenated alkanes) is 2. The van der Waals surface area contributed by atoms with Gasteiger partial charge in [-0.15, -0.1) is 0 Å². The van der Waals surface area contributed by atoms with Gasteiger partial charge in [-0.2, -0.15) is 0 Å². The highest BCUT2D eigenvalue weighted by molar-refractivity contribution is 7.89. The van der Waals surface area contributed by atoms with Gasteiger partial charge >= 0.3 is 0 Å². The number of sulfonamides is 1. The smallest absolute Gasteiger partial charge is 0.230 e. The number of carbonyl (C=O) groups excluding carboxylic acids is 2. The molecule has 32 heavy (non-hydrogen) atoms. The van der Waals surface area contributed by atoms with Gasteiger partial charge in [0.05, 0.1) is 17.9 Å². The van der Waals surface area contributed by atoms with Crippen LogP contribution in [0.1, 0.15) is 69.8 Å². The third-order valence-electron chi connectivity index (χ3n) is 6.81. The maximum atomic E-state index is 14.2. The average molecular weight is 467 g/mol. The van der Waals surface area contributed by atoms with Crippen LogP contribution in [0.2, 0.25) is 0 Å². The van der Waals surface area contributed by atoms with Crippen LogP contribution in [0.5, 0.6) is 5.75 Å². The zero-order valence-electron chi connectivity index (χ0n) is 18.2. The van der Waals surface area contributed by atoms with Crippen molar-refractivity contribution in [3.8, 4) is 5.75 Å². The van der Waals surface area contributed by atoms with Crippen molar-refractivity contribution in [2.45, 2.75) is 69.7 Å². The van der Waals surface area contributed by atoms with Gasteiger partial charge in [0.25, 0.3) is 0 Å². The van der Waals surface area contributed by atoms with Crippen molar-refractivity contribution in [2.24, 2.45) is 11.8 Å². The zero-order valence-corrected chi connectivity index (χ0v) is 19.0. The molecular weight excluding hydrogens is 435 g/mol. The standard InChI is InChI=1S/C23H31FN2O5S/c24-19-9-8-18(14-20(19)31-15-16-5-4-6-16)23(10-11-23)26-32(29,30)12-3-1-2-7-17-13-21(27)25-22(17)28/h8-9,14,16-17,26H,1-7,10-13,15H2,(H,25,27,28). The summed E-state index contributed by atoms with van der Waals surface area (Å²) < 4.78 is 48.0. The van der Waals surface area contributed by atoms with Crippen LogP contribution in [0.15, 0.2) is 18.2 Å². The molecule has 0 bridgehead atoms. The molecular formula is C23H31FN2O5S. The molecule has 3 fully saturated rings. The molecule has 1 saturated heterocycles. The normalized spacial score (nSPS) is 22.5. The number of halogens is 1. The molecule has 3 aliphatic rings. The minimum Gasteiger partial charge on any atom is -0.490 e. The monoisotopic (exact) mass is 466 g/mol. The van der Waals surface area contributed by atoms with Gasteiger partial charge < -0.3 is 4.74 Å². The molecule has 2 N–H and O–H groups in total. The van der Waals surface area contributed by atoms with Gasteiger partial charge in [0.1, 0.15) is 0 Å². The van der Waals surface area contributed by atoms with Crippen molar-refractivity contribution >= 4 is 21.8 Å². The van der Waals surface area contributed by atoms with Gasteiger partial charge in [-0.3, -0.25) is 14.9 Å². The number of hydrogen-bond acceptors (Lipinski definition) is 5. The second-order valence-corrected chi connectivity index (χ2v) is 11.3. The van der Waals surface area contributed by atoms with Crippen LogP contribution in [0, 0.1) is 17.7 Å². The molecule has 4 rings (SSSR count). The number of amides is 2. The third kappa shape index (κ3) is 5.67. The molecule has 1 heterocycles. The summed E-state index contributed by atoms with van der Waals surface area (Å²) in [7, 11) is -3.51. The van der Waals surface area contributed by atoms with E-state index in [0.717, 1.165) is 18.4 Å². The molecule has 9 heteroatoms. The minimum atomic E-state index is -3.51. The first-order valence-corrected chi connectivity index (χ1v) is 13.2. The largest absolute Gasteiger partial charge is 0.490 e. The van der Waals surface area contributed by atoms with Crippen LogP contribution in [-0.4, -0.2) is 32.6 Å². The predicted octanol–water partition coefficient (Wildman–Crippen LogP) is 3.14. The molecule has 1 aliphatic heterocycles. The first kappa shape index (κ1) is 23.2. The maximum Gasteiger partial charge on any atom is 0.230 e. The van der Waals surface area contributed by atoms with Crippen molar-refractivity contribution in [3.05, 3.63) is 29.6 Å². The fraction of sp³-hybridized carbons (Fsp3) is 0.652. The minimum absolute atomic E-state index is 0.00320. The van der Waals surface area contributed by atoms with Crippen LogP contribution < -0.4 is 14.8 Å². The van der Waals surface area contributed by atoms with Crippen molar-refractivity contribution in [3.63, 3.8) is 0 Å². The fourth-order valence-electron chi connectivity index (χ4n) is 4.40. The number of imide groups is 1. The van der Waals surface area contributed by atoms with Crippen LogP contribution in [0.25, 0.3) is 0 Å². The molecule has 1 aromatic rings. The number of nitrogens with one attached hydrogen (secondary N) is 2. The summed E-state index contributed by atoms with van der Waals surface area (Å²) in [4.78, 5) is 22.8. The predicted molar refractivity (Wildman–Crippen MR) is 117 cm³/mol. The summed E-state index contributed by atoms with van der Waals surface area (Å²) >= 11 is 0. The van der Waals surface area contributed by atoms with E-state index in [9.17, 15) is 22.4 Å². The lowest BCUT2D eigenvalue weighted by Crippen LogP contribution is -2.36. The summed E-state index contributed by atoms with van der Waals surface area (Å²) in [6.07, 6.45) is 7.42. The van der Waals surface area contributed by atoms with Crippen LogP contribution >= 0.6 is 0 Å². The van der Waals surface area contributed by atoms with Crippen LogP contribution in [-0.2, 0) is 25.2 Å². The van der Waals surface area contributed by atoms with E-state index in [-0.39, 0.29) is 35.7 Å². The molecule has 0 aromatic heterocycles. The van der Waals surface area contributed by atoms with Crippen LogP contribution in [0.4, 0.5) is 4.39 Å². The van der Waals surface area contributed by atoms with Gasteiger partial charge in [-0.05, 0) is 62.1 Å². The van der Waals surface area contributed by atoms with Gasteiger partial charge in [0.15, 0.2) is 11.6 Å². The number of hydrogen-bond donors (Lipinski definition) is 2. The van der Waals surface area contributed by atoms with Crippen LogP contribution in [0.3, 0.4) is 0 Å². The Morgan fingerprint density at radius 2 is 1.94 bits per heavy atom. The molecule has 1 aromatic carbocycles. The highest BCUT2D eigenvalue weighted by atomic mass is 32.2. The van der Waals surface area contributed by atoms with E-state index in [4.69, 9.17) is 4.74 Å². The van der Waals surface area contributed by atoms with Crippen molar-refractivity contribution < 1.29 is 27.1 Å². The Labute approximate surface area is 188 Å². The van der Waals surface area contributed by atoms with E-state index in [2.05, 4.69) is 10.0 Å². The Morgan fingerprint density at radius 3 is 2.56 bits per heavy atom. The first-order chi connectivity index (χ1) is 15.3. The molecule has 2 amide bonds. The zero-order chi connectivity index (χ0) is 22.8. The Bertz CT molecular complexity index is 973. The average Bonchev–Trinajstić information content (AvgIpc) is 3.38. The maximum absolute atomic E-state index is 14.2. The highest BCUT2D eigenvalue weighted by Crippen LogP contribution is 2.47. The SMILES string of the molecule is O=C1CC(CCCCCS(=O)(=O)NC2(c3ccc(F)c(OCC4CCC4)c3)CC2)C(=O)N1. The fourth-order valence-corrected chi connectivity index (χ4v) is 6.01. The molecule has 7 nitrogen and oxygen atoms in total. The lowest BCUT2D eigenvalue weighted by atomic mass is 9.86. The first-order valence-electron chi connectivity index (χ1n) is 11.5.